The second-order valence-electron chi connectivity index (χ2n) is 5.67. The van der Waals surface area contributed by atoms with Crippen LogP contribution < -0.4 is 5.32 Å². The zero-order valence-corrected chi connectivity index (χ0v) is 14.1. The van der Waals surface area contributed by atoms with Gasteiger partial charge in [0.25, 0.3) is 0 Å². The predicted octanol–water partition coefficient (Wildman–Crippen LogP) is 1.24. The van der Waals surface area contributed by atoms with Gasteiger partial charge in [-0.3, -0.25) is 4.79 Å². The average Bonchev–Trinajstić information content (AvgIpc) is 2.85. The van der Waals surface area contributed by atoms with E-state index < -0.39 is 0 Å². The molecular weight excluding hydrogens is 286 g/mol. The van der Waals surface area contributed by atoms with Crippen molar-refractivity contribution >= 4 is 17.7 Å². The molecule has 1 saturated heterocycles. The van der Waals surface area contributed by atoms with Gasteiger partial charge in [-0.1, -0.05) is 18.7 Å². The zero-order valence-electron chi connectivity index (χ0n) is 13.3. The Morgan fingerprint density at radius 2 is 2.10 bits per heavy atom. The molecule has 0 unspecified atom stereocenters. The number of carbonyl (C=O) groups excluding carboxylic acids is 1. The Bertz CT molecular complexity index is 482. The molecule has 0 aliphatic carbocycles. The highest BCUT2D eigenvalue weighted by molar-refractivity contribution is 8.00. The van der Waals surface area contributed by atoms with Crippen LogP contribution in [0.25, 0.3) is 0 Å². The third-order valence-electron chi connectivity index (χ3n) is 3.91. The van der Waals surface area contributed by atoms with Crippen LogP contribution in [0.1, 0.15) is 37.9 Å². The number of aromatic nitrogens is 3. The van der Waals surface area contributed by atoms with E-state index in [1.807, 2.05) is 14.0 Å². The molecule has 1 amide bonds. The topological polar surface area (TPSA) is 63.1 Å². The number of rotatable bonds is 5. The van der Waals surface area contributed by atoms with Crippen molar-refractivity contribution in [2.75, 3.05) is 27.2 Å². The van der Waals surface area contributed by atoms with Gasteiger partial charge in [0.15, 0.2) is 5.16 Å². The number of hydrogen-bond donors (Lipinski definition) is 1. The molecule has 0 spiro atoms. The minimum Gasteiger partial charge on any atom is -0.348 e. The fourth-order valence-corrected chi connectivity index (χ4v) is 3.66. The standard InChI is InChI=1S/C14H25N5OS/c1-5-11(13(20)18(2)3)21-14-17-16-12(19(14)4)10-6-8-15-9-7-10/h10-11,15H,5-9H2,1-4H3/t11-/m1/s1. The van der Waals surface area contributed by atoms with E-state index in [1.54, 1.807) is 19.0 Å². The van der Waals surface area contributed by atoms with Crippen molar-refractivity contribution in [1.29, 1.82) is 0 Å². The van der Waals surface area contributed by atoms with Gasteiger partial charge in [0.05, 0.1) is 5.25 Å². The van der Waals surface area contributed by atoms with Gasteiger partial charge in [0.2, 0.25) is 5.91 Å². The largest absolute Gasteiger partial charge is 0.348 e. The first-order valence-corrected chi connectivity index (χ1v) is 8.40. The molecule has 21 heavy (non-hydrogen) atoms. The lowest BCUT2D eigenvalue weighted by Gasteiger charge is -2.22. The number of hydrogen-bond acceptors (Lipinski definition) is 5. The Morgan fingerprint density at radius 1 is 1.43 bits per heavy atom. The molecule has 1 aromatic heterocycles. The van der Waals surface area contributed by atoms with Gasteiger partial charge in [-0.05, 0) is 32.4 Å². The molecule has 0 bridgehead atoms. The van der Waals surface area contributed by atoms with E-state index in [0.717, 1.165) is 43.3 Å². The van der Waals surface area contributed by atoms with Crippen LogP contribution in [0.3, 0.4) is 0 Å². The summed E-state index contributed by atoms with van der Waals surface area (Å²) in [5.41, 5.74) is 0. The minimum atomic E-state index is -0.0937. The molecular formula is C14H25N5OS. The molecule has 0 aromatic carbocycles. The van der Waals surface area contributed by atoms with Crippen molar-refractivity contribution in [2.24, 2.45) is 7.05 Å². The first-order valence-electron chi connectivity index (χ1n) is 7.52. The Morgan fingerprint density at radius 3 is 2.67 bits per heavy atom. The van der Waals surface area contributed by atoms with Gasteiger partial charge in [-0.2, -0.15) is 0 Å². The average molecular weight is 311 g/mol. The summed E-state index contributed by atoms with van der Waals surface area (Å²) < 4.78 is 2.06. The van der Waals surface area contributed by atoms with Crippen LogP contribution >= 0.6 is 11.8 Å². The Kier molecular flexibility index (Phi) is 5.64. The summed E-state index contributed by atoms with van der Waals surface area (Å²) in [7, 11) is 5.60. The van der Waals surface area contributed by atoms with Crippen LogP contribution in [0.5, 0.6) is 0 Å². The summed E-state index contributed by atoms with van der Waals surface area (Å²) in [6, 6.07) is 0. The maximum Gasteiger partial charge on any atom is 0.235 e. The van der Waals surface area contributed by atoms with Crippen molar-refractivity contribution in [3.63, 3.8) is 0 Å². The molecule has 1 aliphatic rings. The molecule has 1 fully saturated rings. The van der Waals surface area contributed by atoms with Crippen molar-refractivity contribution in [3.05, 3.63) is 5.82 Å². The molecule has 6 nitrogen and oxygen atoms in total. The molecule has 2 rings (SSSR count). The van der Waals surface area contributed by atoms with E-state index in [2.05, 4.69) is 20.1 Å². The van der Waals surface area contributed by atoms with Gasteiger partial charge in [-0.15, -0.1) is 10.2 Å². The summed E-state index contributed by atoms with van der Waals surface area (Å²) >= 11 is 1.52. The van der Waals surface area contributed by atoms with Crippen LogP contribution in [-0.4, -0.2) is 58.0 Å². The molecule has 0 radical (unpaired) electrons. The maximum absolute atomic E-state index is 12.1. The fraction of sp³-hybridized carbons (Fsp3) is 0.786. The van der Waals surface area contributed by atoms with Gasteiger partial charge in [0.1, 0.15) is 5.82 Å². The highest BCUT2D eigenvalue weighted by atomic mass is 32.2. The minimum absolute atomic E-state index is 0.0937. The smallest absolute Gasteiger partial charge is 0.235 e. The quantitative estimate of drug-likeness (QED) is 0.829. The molecule has 1 aromatic rings. The lowest BCUT2D eigenvalue weighted by atomic mass is 9.97. The highest BCUT2D eigenvalue weighted by Gasteiger charge is 2.25. The number of nitrogens with one attached hydrogen (secondary N) is 1. The van der Waals surface area contributed by atoms with Crippen LogP contribution in [0.4, 0.5) is 0 Å². The molecule has 1 aliphatic heterocycles. The lowest BCUT2D eigenvalue weighted by molar-refractivity contribution is -0.128. The summed E-state index contributed by atoms with van der Waals surface area (Å²) in [5, 5.41) is 12.8. The van der Waals surface area contributed by atoms with Crippen molar-refractivity contribution in [2.45, 2.75) is 42.5 Å². The molecule has 7 heteroatoms. The van der Waals surface area contributed by atoms with Gasteiger partial charge >= 0.3 is 0 Å². The number of nitrogens with zero attached hydrogens (tertiary/aromatic N) is 4. The van der Waals surface area contributed by atoms with Gasteiger partial charge in [-0.25, -0.2) is 0 Å². The predicted molar refractivity (Wildman–Crippen MR) is 84.5 cm³/mol. The van der Waals surface area contributed by atoms with E-state index in [9.17, 15) is 4.79 Å². The van der Waals surface area contributed by atoms with Crippen molar-refractivity contribution in [3.8, 4) is 0 Å². The molecule has 2 heterocycles. The Hall–Kier alpha value is -1.08. The Labute approximate surface area is 130 Å². The summed E-state index contributed by atoms with van der Waals surface area (Å²) in [6.07, 6.45) is 2.99. The fourth-order valence-electron chi connectivity index (χ4n) is 2.59. The monoisotopic (exact) mass is 311 g/mol. The van der Waals surface area contributed by atoms with E-state index in [0.29, 0.717) is 5.92 Å². The number of amides is 1. The molecule has 118 valence electrons. The van der Waals surface area contributed by atoms with E-state index in [1.165, 1.54) is 11.8 Å². The normalized spacial score (nSPS) is 17.7. The molecule has 0 saturated carbocycles. The van der Waals surface area contributed by atoms with E-state index in [4.69, 9.17) is 0 Å². The number of piperidine rings is 1. The number of carbonyl (C=O) groups is 1. The zero-order chi connectivity index (χ0) is 15.4. The Balaban J connectivity index is 2.10. The third kappa shape index (κ3) is 3.77. The summed E-state index contributed by atoms with van der Waals surface area (Å²) in [5.74, 6) is 1.66. The second kappa shape index (κ2) is 7.26. The first kappa shape index (κ1) is 16.3. The molecule has 1 atom stereocenters. The lowest BCUT2D eigenvalue weighted by Crippen LogP contribution is -2.31. The molecule has 1 N–H and O–H groups in total. The van der Waals surface area contributed by atoms with Crippen molar-refractivity contribution in [1.82, 2.24) is 25.0 Å². The summed E-state index contributed by atoms with van der Waals surface area (Å²) in [6.45, 7) is 4.11. The van der Waals surface area contributed by atoms with E-state index >= 15 is 0 Å². The maximum atomic E-state index is 12.1. The van der Waals surface area contributed by atoms with Gasteiger partial charge < -0.3 is 14.8 Å². The highest BCUT2D eigenvalue weighted by Crippen LogP contribution is 2.29. The first-order chi connectivity index (χ1) is 10.0. The van der Waals surface area contributed by atoms with E-state index in [-0.39, 0.29) is 11.2 Å². The van der Waals surface area contributed by atoms with Crippen LogP contribution in [0.2, 0.25) is 0 Å². The summed E-state index contributed by atoms with van der Waals surface area (Å²) in [4.78, 5) is 13.8. The SMILES string of the molecule is CC[C@@H](Sc1nnc(C2CCNCC2)n1C)C(=O)N(C)C. The van der Waals surface area contributed by atoms with Crippen molar-refractivity contribution < 1.29 is 4.79 Å². The third-order valence-corrected chi connectivity index (χ3v) is 5.29. The number of thioether (sulfide) groups is 1. The van der Waals surface area contributed by atoms with Crippen LogP contribution in [0, 0.1) is 0 Å². The van der Waals surface area contributed by atoms with Crippen LogP contribution in [-0.2, 0) is 11.8 Å². The second-order valence-corrected chi connectivity index (χ2v) is 6.84. The van der Waals surface area contributed by atoms with Gasteiger partial charge in [0, 0.05) is 27.1 Å². The van der Waals surface area contributed by atoms with Crippen LogP contribution in [0.15, 0.2) is 5.16 Å².